The molecule has 0 amide bonds. The SMILES string of the molecule is Cc1cc(S(=O)(=O)NCCC(O)c2ccc3c(c2)OCO3)ccc1F. The molecule has 8 heteroatoms. The normalized spacial score (nSPS) is 14.5. The first-order chi connectivity index (χ1) is 11.9. The number of fused-ring (bicyclic) bond motifs is 1. The van der Waals surface area contributed by atoms with Gasteiger partial charge in [0.2, 0.25) is 16.8 Å². The van der Waals surface area contributed by atoms with E-state index in [-0.39, 0.29) is 30.2 Å². The highest BCUT2D eigenvalue weighted by Crippen LogP contribution is 2.34. The minimum Gasteiger partial charge on any atom is -0.454 e. The van der Waals surface area contributed by atoms with Crippen LogP contribution in [-0.2, 0) is 10.0 Å². The number of rotatable bonds is 6. The highest BCUT2D eigenvalue weighted by Gasteiger charge is 2.18. The van der Waals surface area contributed by atoms with Crippen LogP contribution in [0.1, 0.15) is 23.7 Å². The molecule has 6 nitrogen and oxygen atoms in total. The van der Waals surface area contributed by atoms with Crippen molar-refractivity contribution < 1.29 is 27.4 Å². The lowest BCUT2D eigenvalue weighted by molar-refractivity contribution is 0.166. The number of aliphatic hydroxyl groups is 1. The van der Waals surface area contributed by atoms with Crippen LogP contribution < -0.4 is 14.2 Å². The zero-order valence-electron chi connectivity index (χ0n) is 13.5. The second-order valence-corrected chi connectivity index (χ2v) is 7.49. The zero-order chi connectivity index (χ0) is 18.0. The minimum atomic E-state index is -3.76. The molecular formula is C17H18FNO5S. The largest absolute Gasteiger partial charge is 0.454 e. The Hall–Kier alpha value is -2.16. The van der Waals surface area contributed by atoms with E-state index < -0.39 is 21.9 Å². The molecule has 2 aromatic carbocycles. The van der Waals surface area contributed by atoms with Crippen LogP contribution >= 0.6 is 0 Å². The smallest absolute Gasteiger partial charge is 0.240 e. The summed E-state index contributed by atoms with van der Waals surface area (Å²) < 4.78 is 50.6. The molecule has 134 valence electrons. The number of hydrogen-bond acceptors (Lipinski definition) is 5. The summed E-state index contributed by atoms with van der Waals surface area (Å²) in [6, 6.07) is 8.67. The number of aryl methyl sites for hydroxylation is 1. The summed E-state index contributed by atoms with van der Waals surface area (Å²) in [5.74, 6) is 0.708. The van der Waals surface area contributed by atoms with Gasteiger partial charge < -0.3 is 14.6 Å². The van der Waals surface area contributed by atoms with Crippen molar-refractivity contribution in [1.82, 2.24) is 4.72 Å². The second kappa shape index (κ2) is 6.99. The van der Waals surface area contributed by atoms with E-state index in [4.69, 9.17) is 9.47 Å². The third-order valence-corrected chi connectivity index (χ3v) is 5.39. The van der Waals surface area contributed by atoms with Gasteiger partial charge in [-0.2, -0.15) is 0 Å². The van der Waals surface area contributed by atoms with E-state index in [1.54, 1.807) is 18.2 Å². The fraction of sp³-hybridized carbons (Fsp3) is 0.294. The van der Waals surface area contributed by atoms with Crippen LogP contribution in [0.2, 0.25) is 0 Å². The molecule has 2 aromatic rings. The Bertz CT molecular complexity index is 885. The van der Waals surface area contributed by atoms with Crippen molar-refractivity contribution in [3.05, 3.63) is 53.3 Å². The van der Waals surface area contributed by atoms with Crippen molar-refractivity contribution in [2.75, 3.05) is 13.3 Å². The monoisotopic (exact) mass is 367 g/mol. The van der Waals surface area contributed by atoms with Crippen molar-refractivity contribution in [3.63, 3.8) is 0 Å². The van der Waals surface area contributed by atoms with Crippen LogP contribution in [-0.4, -0.2) is 26.9 Å². The average Bonchev–Trinajstić information content (AvgIpc) is 3.04. The van der Waals surface area contributed by atoms with Gasteiger partial charge in [0.25, 0.3) is 0 Å². The maximum Gasteiger partial charge on any atom is 0.240 e. The van der Waals surface area contributed by atoms with Gasteiger partial charge in [0.1, 0.15) is 5.82 Å². The van der Waals surface area contributed by atoms with Crippen LogP contribution in [0.15, 0.2) is 41.3 Å². The molecular weight excluding hydrogens is 349 g/mol. The molecule has 0 radical (unpaired) electrons. The summed E-state index contributed by atoms with van der Waals surface area (Å²) in [4.78, 5) is -0.0102. The van der Waals surface area contributed by atoms with Crippen molar-refractivity contribution in [1.29, 1.82) is 0 Å². The fourth-order valence-electron chi connectivity index (χ4n) is 2.48. The first-order valence-corrected chi connectivity index (χ1v) is 9.18. The lowest BCUT2D eigenvalue weighted by atomic mass is 10.1. The Morgan fingerprint density at radius 2 is 1.96 bits per heavy atom. The quantitative estimate of drug-likeness (QED) is 0.818. The third kappa shape index (κ3) is 3.92. The Labute approximate surface area is 145 Å². The summed E-state index contributed by atoms with van der Waals surface area (Å²) in [5, 5.41) is 10.2. The summed E-state index contributed by atoms with van der Waals surface area (Å²) in [5.41, 5.74) is 0.865. The fourth-order valence-corrected chi connectivity index (χ4v) is 3.62. The molecule has 0 fully saturated rings. The molecule has 2 N–H and O–H groups in total. The lowest BCUT2D eigenvalue weighted by Gasteiger charge is -2.13. The van der Waals surface area contributed by atoms with E-state index >= 15 is 0 Å². The molecule has 0 aromatic heterocycles. The van der Waals surface area contributed by atoms with Gasteiger partial charge in [-0.3, -0.25) is 0 Å². The first-order valence-electron chi connectivity index (χ1n) is 7.70. The van der Waals surface area contributed by atoms with Crippen molar-refractivity contribution >= 4 is 10.0 Å². The number of aliphatic hydroxyl groups excluding tert-OH is 1. The van der Waals surface area contributed by atoms with Gasteiger partial charge in [0, 0.05) is 6.54 Å². The molecule has 1 aliphatic heterocycles. The van der Waals surface area contributed by atoms with Crippen LogP contribution in [0.4, 0.5) is 4.39 Å². The summed E-state index contributed by atoms with van der Waals surface area (Å²) in [6.45, 7) is 1.68. The molecule has 0 spiro atoms. The Kier molecular flexibility index (Phi) is 4.94. The van der Waals surface area contributed by atoms with Crippen LogP contribution in [0.5, 0.6) is 11.5 Å². The van der Waals surface area contributed by atoms with Crippen molar-refractivity contribution in [3.8, 4) is 11.5 Å². The van der Waals surface area contributed by atoms with E-state index in [0.717, 1.165) is 6.07 Å². The number of ether oxygens (including phenoxy) is 2. The average molecular weight is 367 g/mol. The predicted molar refractivity (Wildman–Crippen MR) is 88.5 cm³/mol. The Morgan fingerprint density at radius 1 is 1.20 bits per heavy atom. The number of hydrogen-bond donors (Lipinski definition) is 2. The van der Waals surface area contributed by atoms with E-state index in [2.05, 4.69) is 4.72 Å². The highest BCUT2D eigenvalue weighted by molar-refractivity contribution is 7.89. The second-order valence-electron chi connectivity index (χ2n) is 5.73. The molecule has 0 saturated carbocycles. The lowest BCUT2D eigenvalue weighted by Crippen LogP contribution is -2.26. The van der Waals surface area contributed by atoms with Gasteiger partial charge in [0.15, 0.2) is 11.5 Å². The van der Waals surface area contributed by atoms with Crippen molar-refractivity contribution in [2.24, 2.45) is 0 Å². The van der Waals surface area contributed by atoms with Crippen LogP contribution in [0, 0.1) is 12.7 Å². The van der Waals surface area contributed by atoms with Gasteiger partial charge in [-0.15, -0.1) is 0 Å². The summed E-state index contributed by atoms with van der Waals surface area (Å²) in [7, 11) is -3.76. The molecule has 1 aliphatic rings. The van der Waals surface area contributed by atoms with Crippen LogP contribution in [0.3, 0.4) is 0 Å². The maximum absolute atomic E-state index is 13.3. The Balaban J connectivity index is 1.60. The molecule has 1 unspecified atom stereocenters. The maximum atomic E-state index is 13.3. The number of benzene rings is 2. The minimum absolute atomic E-state index is 0.0102. The molecule has 1 heterocycles. The third-order valence-electron chi connectivity index (χ3n) is 3.93. The number of nitrogens with one attached hydrogen (secondary N) is 1. The molecule has 1 atom stereocenters. The first kappa shape index (κ1) is 17.7. The molecule has 3 rings (SSSR count). The number of sulfonamides is 1. The summed E-state index contributed by atoms with van der Waals surface area (Å²) >= 11 is 0. The number of halogens is 1. The predicted octanol–water partition coefficient (Wildman–Crippen LogP) is 2.26. The topological polar surface area (TPSA) is 84.9 Å². The van der Waals surface area contributed by atoms with Gasteiger partial charge in [0.05, 0.1) is 11.0 Å². The van der Waals surface area contributed by atoms with Crippen LogP contribution in [0.25, 0.3) is 0 Å². The van der Waals surface area contributed by atoms with Crippen molar-refractivity contribution in [2.45, 2.75) is 24.3 Å². The van der Waals surface area contributed by atoms with E-state index in [9.17, 15) is 17.9 Å². The van der Waals surface area contributed by atoms with E-state index in [0.29, 0.717) is 17.1 Å². The highest BCUT2D eigenvalue weighted by atomic mass is 32.2. The van der Waals surface area contributed by atoms with Gasteiger partial charge >= 0.3 is 0 Å². The van der Waals surface area contributed by atoms with Gasteiger partial charge in [-0.25, -0.2) is 17.5 Å². The molecule has 0 saturated heterocycles. The standard InChI is InChI=1S/C17H18FNO5S/c1-11-8-13(3-4-14(11)18)25(21,22)19-7-6-15(20)12-2-5-16-17(9-12)24-10-23-16/h2-5,8-9,15,19-20H,6-7,10H2,1H3. The Morgan fingerprint density at radius 3 is 2.72 bits per heavy atom. The van der Waals surface area contributed by atoms with E-state index in [1.165, 1.54) is 19.1 Å². The van der Waals surface area contributed by atoms with Gasteiger partial charge in [-0.05, 0) is 54.8 Å². The van der Waals surface area contributed by atoms with E-state index in [1.807, 2.05) is 0 Å². The molecule has 0 bridgehead atoms. The summed E-state index contributed by atoms with van der Waals surface area (Å²) in [6.07, 6.45) is -0.675. The van der Waals surface area contributed by atoms with Gasteiger partial charge in [-0.1, -0.05) is 6.07 Å². The molecule has 0 aliphatic carbocycles. The zero-order valence-corrected chi connectivity index (χ0v) is 14.3. The molecule has 25 heavy (non-hydrogen) atoms.